The summed E-state index contributed by atoms with van der Waals surface area (Å²) in [5, 5.41) is 3.22. The number of aromatic nitrogens is 1. The van der Waals surface area contributed by atoms with Gasteiger partial charge in [0.25, 0.3) is 0 Å². The van der Waals surface area contributed by atoms with Crippen LogP contribution in [0.25, 0.3) is 0 Å². The molecule has 0 bridgehead atoms. The van der Waals surface area contributed by atoms with E-state index in [1.165, 1.54) is 0 Å². The molecule has 1 N–H and O–H groups in total. The van der Waals surface area contributed by atoms with Crippen molar-refractivity contribution in [3.63, 3.8) is 0 Å². The standard InChI is InChI=1S/C13H17IN2O2/c1-15-10-6-11(7-10)18-13-5-3-9(8-16-13)2-4-12(14)17/h3,5,8,10-11,15H,2,4,6-7H2,1H3/t10-,11+. The van der Waals surface area contributed by atoms with Crippen LogP contribution in [0.2, 0.25) is 0 Å². The number of pyridine rings is 1. The van der Waals surface area contributed by atoms with E-state index >= 15 is 0 Å². The number of carbonyl (C=O) groups excluding carboxylic acids is 1. The predicted molar refractivity (Wildman–Crippen MR) is 78.1 cm³/mol. The Balaban J connectivity index is 1.79. The van der Waals surface area contributed by atoms with Crippen molar-refractivity contribution in [2.45, 2.75) is 37.8 Å². The highest BCUT2D eigenvalue weighted by atomic mass is 127. The zero-order valence-electron chi connectivity index (χ0n) is 10.4. The number of carbonyl (C=O) groups is 1. The molecule has 1 aliphatic rings. The lowest BCUT2D eigenvalue weighted by Crippen LogP contribution is -2.45. The molecule has 0 spiro atoms. The van der Waals surface area contributed by atoms with E-state index in [4.69, 9.17) is 4.74 Å². The molecule has 0 unspecified atom stereocenters. The largest absolute Gasteiger partial charge is 0.474 e. The highest BCUT2D eigenvalue weighted by molar-refractivity contribution is 14.1. The number of nitrogens with one attached hydrogen (secondary N) is 1. The fourth-order valence-electron chi connectivity index (χ4n) is 1.94. The van der Waals surface area contributed by atoms with Gasteiger partial charge in [-0.1, -0.05) is 6.07 Å². The minimum absolute atomic E-state index is 0.181. The number of halogens is 1. The van der Waals surface area contributed by atoms with Crippen molar-refractivity contribution < 1.29 is 9.53 Å². The van der Waals surface area contributed by atoms with Crippen LogP contribution in [0.4, 0.5) is 0 Å². The van der Waals surface area contributed by atoms with Gasteiger partial charge >= 0.3 is 0 Å². The second-order valence-electron chi connectivity index (χ2n) is 4.56. The monoisotopic (exact) mass is 360 g/mol. The molecule has 0 atom stereocenters. The first-order valence-corrected chi connectivity index (χ1v) is 7.22. The van der Waals surface area contributed by atoms with Gasteiger partial charge in [0.15, 0.2) is 3.79 Å². The van der Waals surface area contributed by atoms with Crippen LogP contribution in [-0.2, 0) is 11.2 Å². The average molecular weight is 360 g/mol. The molecule has 1 aromatic heterocycles. The van der Waals surface area contributed by atoms with Crippen molar-refractivity contribution in [3.05, 3.63) is 23.9 Å². The van der Waals surface area contributed by atoms with Crippen LogP contribution in [0.15, 0.2) is 18.3 Å². The maximum absolute atomic E-state index is 10.9. The molecule has 5 heteroatoms. The summed E-state index contributed by atoms with van der Waals surface area (Å²) in [6.07, 6.45) is 5.49. The Hall–Kier alpha value is -0.690. The molecule has 0 aliphatic heterocycles. The van der Waals surface area contributed by atoms with Gasteiger partial charge in [-0.05, 0) is 54.5 Å². The van der Waals surface area contributed by atoms with Gasteiger partial charge < -0.3 is 10.1 Å². The summed E-state index contributed by atoms with van der Waals surface area (Å²) in [5.41, 5.74) is 1.08. The molecule has 0 saturated heterocycles. The third kappa shape index (κ3) is 3.91. The molecule has 1 saturated carbocycles. The average Bonchev–Trinajstić information content (AvgIpc) is 2.32. The zero-order valence-corrected chi connectivity index (χ0v) is 12.5. The van der Waals surface area contributed by atoms with Gasteiger partial charge in [-0.15, -0.1) is 0 Å². The first-order valence-electron chi connectivity index (χ1n) is 6.14. The predicted octanol–water partition coefficient (Wildman–Crippen LogP) is 2.10. The Morgan fingerprint density at radius 1 is 1.56 bits per heavy atom. The highest BCUT2D eigenvalue weighted by Crippen LogP contribution is 2.24. The Bertz CT molecular complexity index is 402. The molecule has 1 aromatic rings. The number of rotatable bonds is 6. The van der Waals surface area contributed by atoms with Gasteiger partial charge in [0.2, 0.25) is 5.88 Å². The molecule has 0 amide bonds. The van der Waals surface area contributed by atoms with E-state index in [0.717, 1.165) is 24.8 Å². The number of nitrogens with zero attached hydrogens (tertiary/aromatic N) is 1. The van der Waals surface area contributed by atoms with E-state index in [1.807, 2.05) is 41.8 Å². The van der Waals surface area contributed by atoms with Crippen LogP contribution in [-0.4, -0.2) is 28.0 Å². The quantitative estimate of drug-likeness (QED) is 0.624. The maximum Gasteiger partial charge on any atom is 0.213 e. The Kier molecular flexibility index (Phi) is 4.94. The fraction of sp³-hybridized carbons (Fsp3) is 0.538. The molecule has 1 heterocycles. The van der Waals surface area contributed by atoms with Crippen molar-refractivity contribution >= 4 is 26.4 Å². The van der Waals surface area contributed by atoms with Crippen LogP contribution < -0.4 is 10.1 Å². The fourth-order valence-corrected chi connectivity index (χ4v) is 2.21. The van der Waals surface area contributed by atoms with Gasteiger partial charge in [-0.3, -0.25) is 4.79 Å². The Morgan fingerprint density at radius 3 is 2.89 bits per heavy atom. The van der Waals surface area contributed by atoms with E-state index in [2.05, 4.69) is 10.3 Å². The van der Waals surface area contributed by atoms with Crippen molar-refractivity contribution in [3.8, 4) is 5.88 Å². The summed E-state index contributed by atoms with van der Waals surface area (Å²) in [5.74, 6) is 0.680. The highest BCUT2D eigenvalue weighted by Gasteiger charge is 2.29. The Morgan fingerprint density at radius 2 is 2.33 bits per heavy atom. The lowest BCUT2D eigenvalue weighted by Gasteiger charge is -2.34. The van der Waals surface area contributed by atoms with Crippen LogP contribution >= 0.6 is 22.6 Å². The molecule has 1 aliphatic carbocycles. The first kappa shape index (κ1) is 13.7. The van der Waals surface area contributed by atoms with Crippen LogP contribution in [0.5, 0.6) is 5.88 Å². The molecule has 0 radical (unpaired) electrons. The molecule has 18 heavy (non-hydrogen) atoms. The van der Waals surface area contributed by atoms with Crippen molar-refractivity contribution in [1.82, 2.24) is 10.3 Å². The van der Waals surface area contributed by atoms with Gasteiger partial charge in [0, 0.05) is 24.7 Å². The van der Waals surface area contributed by atoms with Gasteiger partial charge in [-0.25, -0.2) is 4.98 Å². The maximum atomic E-state index is 10.9. The van der Waals surface area contributed by atoms with Crippen molar-refractivity contribution in [2.75, 3.05) is 7.05 Å². The number of aryl methyl sites for hydroxylation is 1. The summed E-state index contributed by atoms with van der Waals surface area (Å²) in [7, 11) is 1.97. The van der Waals surface area contributed by atoms with Gasteiger partial charge in [-0.2, -0.15) is 0 Å². The molecule has 0 aromatic carbocycles. The summed E-state index contributed by atoms with van der Waals surface area (Å²) >= 11 is 1.82. The smallest absolute Gasteiger partial charge is 0.213 e. The van der Waals surface area contributed by atoms with E-state index < -0.39 is 0 Å². The van der Waals surface area contributed by atoms with E-state index in [9.17, 15) is 4.79 Å². The lowest BCUT2D eigenvalue weighted by atomic mass is 9.89. The lowest BCUT2D eigenvalue weighted by molar-refractivity contribution is -0.109. The topological polar surface area (TPSA) is 51.2 Å². The van der Waals surface area contributed by atoms with E-state index in [0.29, 0.717) is 18.3 Å². The van der Waals surface area contributed by atoms with Gasteiger partial charge in [0.1, 0.15) is 6.10 Å². The summed E-state index contributed by atoms with van der Waals surface area (Å²) in [6, 6.07) is 4.46. The van der Waals surface area contributed by atoms with Crippen molar-refractivity contribution in [1.29, 1.82) is 0 Å². The summed E-state index contributed by atoms with van der Waals surface area (Å²) < 4.78 is 5.92. The minimum Gasteiger partial charge on any atom is -0.474 e. The molecule has 1 fully saturated rings. The third-order valence-electron chi connectivity index (χ3n) is 3.20. The number of ether oxygens (including phenoxy) is 1. The summed E-state index contributed by atoms with van der Waals surface area (Å²) in [6.45, 7) is 0. The molecule has 4 nitrogen and oxygen atoms in total. The van der Waals surface area contributed by atoms with Gasteiger partial charge in [0.05, 0.1) is 0 Å². The number of hydrogen-bond acceptors (Lipinski definition) is 4. The van der Waals surface area contributed by atoms with Crippen molar-refractivity contribution in [2.24, 2.45) is 0 Å². The second-order valence-corrected chi connectivity index (χ2v) is 5.76. The first-order chi connectivity index (χ1) is 8.67. The van der Waals surface area contributed by atoms with Crippen LogP contribution in [0.1, 0.15) is 24.8 Å². The third-order valence-corrected chi connectivity index (χ3v) is 3.74. The molecule has 2 rings (SSSR count). The molecular formula is C13H17IN2O2. The van der Waals surface area contributed by atoms with E-state index in [-0.39, 0.29) is 9.89 Å². The SMILES string of the molecule is CN[C@H]1C[C@@H](Oc2ccc(CCC(=O)I)cn2)C1. The second kappa shape index (κ2) is 6.47. The normalized spacial score (nSPS) is 22.3. The zero-order chi connectivity index (χ0) is 13.0. The number of hydrogen-bond donors (Lipinski definition) is 1. The van der Waals surface area contributed by atoms with Crippen LogP contribution in [0, 0.1) is 0 Å². The molecular weight excluding hydrogens is 343 g/mol. The minimum atomic E-state index is 0.181. The Labute approximate surface area is 121 Å². The molecule has 98 valence electrons. The van der Waals surface area contributed by atoms with E-state index in [1.54, 1.807) is 6.20 Å². The summed E-state index contributed by atoms with van der Waals surface area (Å²) in [4.78, 5) is 15.1. The van der Waals surface area contributed by atoms with Crippen LogP contribution in [0.3, 0.4) is 0 Å².